The lowest BCUT2D eigenvalue weighted by Crippen LogP contribution is -2.48. The van der Waals surface area contributed by atoms with Crippen LogP contribution in [0.1, 0.15) is 52.5 Å². The van der Waals surface area contributed by atoms with Gasteiger partial charge in [-0.3, -0.25) is 14.5 Å². The van der Waals surface area contributed by atoms with Crippen molar-refractivity contribution >= 4 is 11.8 Å². The summed E-state index contributed by atoms with van der Waals surface area (Å²) in [5.74, 6) is -0.293. The van der Waals surface area contributed by atoms with E-state index < -0.39 is 0 Å². The number of fused-ring (bicyclic) bond motifs is 1. The number of nitrogens with zero attached hydrogens (tertiary/aromatic N) is 1. The minimum absolute atomic E-state index is 0.145. The summed E-state index contributed by atoms with van der Waals surface area (Å²) >= 11 is 0. The zero-order chi connectivity index (χ0) is 14.3. The Hall–Kier alpha value is -1.68. The van der Waals surface area contributed by atoms with Gasteiger partial charge >= 0.3 is 0 Å². The number of hydrogen-bond donors (Lipinski definition) is 1. The molecule has 3 rings (SSSR count). The molecule has 4 heteroatoms. The Bertz CT molecular complexity index is 568. The molecule has 20 heavy (non-hydrogen) atoms. The third-order valence-corrected chi connectivity index (χ3v) is 4.24. The first-order valence-corrected chi connectivity index (χ1v) is 7.29. The lowest BCUT2D eigenvalue weighted by molar-refractivity contribution is 0.0628. The SMILES string of the molecule is Cc1ccc2c(c1)C(=O)N(CC1CCCC(C)N1)C2=O. The highest BCUT2D eigenvalue weighted by Gasteiger charge is 2.37. The standard InChI is InChI=1S/C16H20N2O2/c1-10-6-7-13-14(8-10)16(20)18(15(13)19)9-12-5-3-4-11(2)17-12/h6-8,11-12,17H,3-5,9H2,1-2H3. The van der Waals surface area contributed by atoms with Crippen LogP contribution in [0.2, 0.25) is 0 Å². The predicted molar refractivity (Wildman–Crippen MR) is 76.8 cm³/mol. The molecule has 0 saturated carbocycles. The number of aryl methyl sites for hydroxylation is 1. The van der Waals surface area contributed by atoms with Crippen molar-refractivity contribution < 1.29 is 9.59 Å². The number of piperidine rings is 1. The van der Waals surface area contributed by atoms with E-state index in [1.807, 2.05) is 19.1 Å². The zero-order valence-electron chi connectivity index (χ0n) is 12.0. The lowest BCUT2D eigenvalue weighted by atomic mass is 9.99. The third kappa shape index (κ3) is 2.24. The van der Waals surface area contributed by atoms with Gasteiger partial charge in [0.05, 0.1) is 11.1 Å². The molecule has 2 heterocycles. The van der Waals surface area contributed by atoms with Crippen molar-refractivity contribution in [3.05, 3.63) is 34.9 Å². The van der Waals surface area contributed by atoms with Crippen LogP contribution in [0, 0.1) is 6.92 Å². The van der Waals surface area contributed by atoms with Gasteiger partial charge < -0.3 is 5.32 Å². The number of imide groups is 1. The number of nitrogens with one attached hydrogen (secondary N) is 1. The van der Waals surface area contributed by atoms with E-state index in [0.717, 1.165) is 24.8 Å². The maximum atomic E-state index is 12.4. The summed E-state index contributed by atoms with van der Waals surface area (Å²) in [6.45, 7) is 4.57. The van der Waals surface area contributed by atoms with Gasteiger partial charge in [-0.05, 0) is 38.8 Å². The molecule has 0 spiro atoms. The molecule has 2 amide bonds. The highest BCUT2D eigenvalue weighted by atomic mass is 16.2. The lowest BCUT2D eigenvalue weighted by Gasteiger charge is -2.31. The second-order valence-electron chi connectivity index (χ2n) is 5.97. The van der Waals surface area contributed by atoms with E-state index in [1.165, 1.54) is 4.90 Å². The molecule has 1 N–H and O–H groups in total. The average molecular weight is 272 g/mol. The van der Waals surface area contributed by atoms with Crippen molar-refractivity contribution in [2.24, 2.45) is 0 Å². The van der Waals surface area contributed by atoms with Crippen LogP contribution in [0.3, 0.4) is 0 Å². The first-order chi connectivity index (χ1) is 9.56. The Morgan fingerprint density at radius 1 is 1.20 bits per heavy atom. The van der Waals surface area contributed by atoms with Crippen LogP contribution in [0.5, 0.6) is 0 Å². The maximum absolute atomic E-state index is 12.4. The van der Waals surface area contributed by atoms with E-state index in [-0.39, 0.29) is 17.9 Å². The van der Waals surface area contributed by atoms with E-state index in [4.69, 9.17) is 0 Å². The first kappa shape index (κ1) is 13.3. The molecule has 1 fully saturated rings. The summed E-state index contributed by atoms with van der Waals surface area (Å²) in [5, 5.41) is 3.48. The Morgan fingerprint density at radius 3 is 2.70 bits per heavy atom. The van der Waals surface area contributed by atoms with Gasteiger partial charge in [-0.15, -0.1) is 0 Å². The van der Waals surface area contributed by atoms with Gasteiger partial charge in [-0.2, -0.15) is 0 Å². The molecule has 4 nitrogen and oxygen atoms in total. The number of rotatable bonds is 2. The molecule has 0 aromatic heterocycles. The maximum Gasteiger partial charge on any atom is 0.261 e. The predicted octanol–water partition coefficient (Wildman–Crippen LogP) is 2.12. The minimum Gasteiger partial charge on any atom is -0.310 e. The van der Waals surface area contributed by atoms with Gasteiger partial charge in [0.2, 0.25) is 0 Å². The van der Waals surface area contributed by atoms with Gasteiger partial charge in [-0.25, -0.2) is 0 Å². The number of amides is 2. The molecule has 2 aliphatic rings. The Morgan fingerprint density at radius 2 is 1.95 bits per heavy atom. The molecule has 2 atom stereocenters. The largest absolute Gasteiger partial charge is 0.310 e. The monoisotopic (exact) mass is 272 g/mol. The molecule has 2 unspecified atom stereocenters. The van der Waals surface area contributed by atoms with E-state index in [2.05, 4.69) is 12.2 Å². The Kier molecular flexibility index (Phi) is 3.34. The van der Waals surface area contributed by atoms with Crippen molar-refractivity contribution in [1.29, 1.82) is 0 Å². The van der Waals surface area contributed by atoms with Crippen LogP contribution in [-0.4, -0.2) is 35.3 Å². The number of hydrogen-bond acceptors (Lipinski definition) is 3. The van der Waals surface area contributed by atoms with Crippen LogP contribution >= 0.6 is 0 Å². The minimum atomic E-state index is -0.148. The number of benzene rings is 1. The van der Waals surface area contributed by atoms with Gasteiger partial charge in [0.1, 0.15) is 0 Å². The number of carbonyl (C=O) groups excluding carboxylic acids is 2. The molecule has 2 aliphatic heterocycles. The van der Waals surface area contributed by atoms with Crippen molar-refractivity contribution in [3.8, 4) is 0 Å². The molecule has 0 bridgehead atoms. The highest BCUT2D eigenvalue weighted by molar-refractivity contribution is 6.21. The topological polar surface area (TPSA) is 49.4 Å². The second-order valence-corrected chi connectivity index (χ2v) is 5.97. The molecule has 0 aliphatic carbocycles. The van der Waals surface area contributed by atoms with Crippen LogP contribution in [0.15, 0.2) is 18.2 Å². The quantitative estimate of drug-likeness (QED) is 0.839. The van der Waals surface area contributed by atoms with Gasteiger partial charge in [0.15, 0.2) is 0 Å². The van der Waals surface area contributed by atoms with E-state index in [9.17, 15) is 9.59 Å². The van der Waals surface area contributed by atoms with Crippen molar-refractivity contribution in [2.45, 2.75) is 45.2 Å². The smallest absolute Gasteiger partial charge is 0.261 e. The molecule has 106 valence electrons. The van der Waals surface area contributed by atoms with Gasteiger partial charge in [0, 0.05) is 18.6 Å². The first-order valence-electron chi connectivity index (χ1n) is 7.29. The third-order valence-electron chi connectivity index (χ3n) is 4.24. The molecule has 1 aromatic rings. The summed E-state index contributed by atoms with van der Waals surface area (Å²) in [6.07, 6.45) is 3.34. The summed E-state index contributed by atoms with van der Waals surface area (Å²) in [4.78, 5) is 26.1. The van der Waals surface area contributed by atoms with Crippen molar-refractivity contribution in [2.75, 3.05) is 6.54 Å². The van der Waals surface area contributed by atoms with Crippen LogP contribution in [0.4, 0.5) is 0 Å². The van der Waals surface area contributed by atoms with E-state index in [0.29, 0.717) is 23.7 Å². The summed E-state index contributed by atoms with van der Waals surface area (Å²) in [6, 6.07) is 6.15. The fraction of sp³-hybridized carbons (Fsp3) is 0.500. The van der Waals surface area contributed by atoms with Crippen molar-refractivity contribution in [1.82, 2.24) is 10.2 Å². The molecule has 1 saturated heterocycles. The van der Waals surface area contributed by atoms with E-state index in [1.54, 1.807) is 6.07 Å². The highest BCUT2D eigenvalue weighted by Crippen LogP contribution is 2.25. The average Bonchev–Trinajstić information content (AvgIpc) is 2.64. The van der Waals surface area contributed by atoms with Gasteiger partial charge in [-0.1, -0.05) is 18.1 Å². The summed E-state index contributed by atoms with van der Waals surface area (Å²) in [5.41, 5.74) is 2.11. The molecule has 1 aromatic carbocycles. The summed E-state index contributed by atoms with van der Waals surface area (Å²) < 4.78 is 0. The zero-order valence-corrected chi connectivity index (χ0v) is 12.0. The molecular formula is C16H20N2O2. The summed E-state index contributed by atoms with van der Waals surface area (Å²) in [7, 11) is 0. The van der Waals surface area contributed by atoms with Crippen LogP contribution < -0.4 is 5.32 Å². The van der Waals surface area contributed by atoms with Gasteiger partial charge in [0.25, 0.3) is 11.8 Å². The van der Waals surface area contributed by atoms with Crippen molar-refractivity contribution in [3.63, 3.8) is 0 Å². The fourth-order valence-corrected chi connectivity index (χ4v) is 3.17. The molecular weight excluding hydrogens is 252 g/mol. The van der Waals surface area contributed by atoms with Crippen LogP contribution in [0.25, 0.3) is 0 Å². The normalized spacial score (nSPS) is 26.0. The Balaban J connectivity index is 1.79. The number of carbonyl (C=O) groups is 2. The fourth-order valence-electron chi connectivity index (χ4n) is 3.17. The van der Waals surface area contributed by atoms with Crippen LogP contribution in [-0.2, 0) is 0 Å². The Labute approximate surface area is 119 Å². The second kappa shape index (κ2) is 5.02. The molecule has 0 radical (unpaired) electrons. The van der Waals surface area contributed by atoms with E-state index >= 15 is 0 Å².